The Labute approximate surface area is 153 Å². The van der Waals surface area contributed by atoms with Gasteiger partial charge in [-0.2, -0.15) is 19.3 Å². The van der Waals surface area contributed by atoms with E-state index in [2.05, 4.69) is 25.9 Å². The molecule has 0 spiro atoms. The number of anilines is 1. The topological polar surface area (TPSA) is 99.5 Å². The van der Waals surface area contributed by atoms with Crippen LogP contribution in [0.3, 0.4) is 0 Å². The van der Waals surface area contributed by atoms with Gasteiger partial charge in [0.25, 0.3) is 0 Å². The Bertz CT molecular complexity index is 1060. The molecule has 142 valence electrons. The molecule has 0 saturated carbocycles. The summed E-state index contributed by atoms with van der Waals surface area (Å²) in [5.41, 5.74) is 0.289. The molecule has 28 heavy (non-hydrogen) atoms. The molecule has 12 heteroatoms. The molecule has 0 unspecified atom stereocenters. The minimum absolute atomic E-state index is 0.0137. The zero-order valence-corrected chi connectivity index (χ0v) is 13.5. The normalized spacial score (nSPS) is 11.2. The second-order valence-electron chi connectivity index (χ2n) is 5.08. The molecular weight excluding hydrogens is 387 g/mol. The predicted octanol–water partition coefficient (Wildman–Crippen LogP) is 3.66. The Hall–Kier alpha value is -4.01. The van der Waals surface area contributed by atoms with E-state index in [4.69, 9.17) is 10.00 Å². The van der Waals surface area contributed by atoms with Crippen molar-refractivity contribution in [2.24, 2.45) is 0 Å². The first kappa shape index (κ1) is 18.8. The molecule has 0 aliphatic rings. The quantitative estimate of drug-likeness (QED) is 0.297. The number of H-pyrrole nitrogens is 1. The largest absolute Gasteiger partial charge is 0.451 e. The highest BCUT2D eigenvalue weighted by Gasteiger charge is 2.27. The second-order valence-corrected chi connectivity index (χ2v) is 5.08. The summed E-state index contributed by atoms with van der Waals surface area (Å²) in [6, 6.07) is 7.15. The summed E-state index contributed by atoms with van der Waals surface area (Å²) in [5, 5.41) is 24.5. The first-order chi connectivity index (χ1) is 13.4. The predicted molar refractivity (Wildman–Crippen MR) is 84.1 cm³/mol. The average molecular weight is 394 g/mol. The summed E-state index contributed by atoms with van der Waals surface area (Å²) < 4.78 is 71.9. The van der Waals surface area contributed by atoms with Crippen LogP contribution in [0.4, 0.5) is 27.6 Å². The first-order valence-corrected chi connectivity index (χ1v) is 7.32. The van der Waals surface area contributed by atoms with Crippen molar-refractivity contribution in [3.63, 3.8) is 0 Å². The number of nitrogens with zero attached hydrogens (tertiary/aromatic N) is 4. The lowest BCUT2D eigenvalue weighted by Gasteiger charge is -2.11. The van der Waals surface area contributed by atoms with Gasteiger partial charge in [-0.25, -0.2) is 13.2 Å². The van der Waals surface area contributed by atoms with Gasteiger partial charge < -0.3 is 10.1 Å². The standard InChI is InChI=1S/C16H7F5N6O/c17-10-11(18)13(20)15(14(21)12(10)19)28-9-3-1-2-8(4-9)23-6-7(5-22)16-24-26-27-25-16/h1-4,6,23H,(H,24,25,26,27). The van der Waals surface area contributed by atoms with E-state index in [1.807, 2.05) is 6.07 Å². The number of allylic oxidation sites excluding steroid dienone is 1. The van der Waals surface area contributed by atoms with E-state index in [9.17, 15) is 22.0 Å². The van der Waals surface area contributed by atoms with Crippen molar-refractivity contribution in [1.29, 1.82) is 5.26 Å². The zero-order valence-electron chi connectivity index (χ0n) is 13.5. The summed E-state index contributed by atoms with van der Waals surface area (Å²) in [7, 11) is 0. The second kappa shape index (κ2) is 7.70. The van der Waals surface area contributed by atoms with Crippen LogP contribution in [0.25, 0.3) is 5.57 Å². The van der Waals surface area contributed by atoms with Gasteiger partial charge in [0.05, 0.1) is 0 Å². The van der Waals surface area contributed by atoms with Crippen molar-refractivity contribution in [2.45, 2.75) is 0 Å². The van der Waals surface area contributed by atoms with Gasteiger partial charge in [-0.3, -0.25) is 0 Å². The summed E-state index contributed by atoms with van der Waals surface area (Å²) in [6.45, 7) is 0. The number of hydrogen-bond acceptors (Lipinski definition) is 6. The van der Waals surface area contributed by atoms with E-state index in [-0.39, 0.29) is 22.8 Å². The zero-order chi connectivity index (χ0) is 20.3. The Morgan fingerprint density at radius 3 is 2.36 bits per heavy atom. The number of nitriles is 1. The third kappa shape index (κ3) is 3.58. The van der Waals surface area contributed by atoms with Crippen LogP contribution in [-0.4, -0.2) is 20.6 Å². The van der Waals surface area contributed by atoms with Crippen LogP contribution in [0, 0.1) is 40.4 Å². The minimum atomic E-state index is -2.28. The van der Waals surface area contributed by atoms with Crippen LogP contribution in [0.2, 0.25) is 0 Å². The lowest BCUT2D eigenvalue weighted by atomic mass is 10.2. The SMILES string of the molecule is N#CC(=CNc1cccc(Oc2c(F)c(F)c(F)c(F)c2F)c1)c1nn[nH]n1. The van der Waals surface area contributed by atoms with Crippen molar-refractivity contribution >= 4 is 11.3 Å². The van der Waals surface area contributed by atoms with Gasteiger partial charge in [0, 0.05) is 18.0 Å². The Morgan fingerprint density at radius 2 is 1.75 bits per heavy atom. The fraction of sp³-hybridized carbons (Fsp3) is 0. The molecule has 0 aliphatic heterocycles. The Balaban J connectivity index is 1.86. The van der Waals surface area contributed by atoms with Gasteiger partial charge in [-0.1, -0.05) is 6.07 Å². The number of halogens is 5. The summed E-state index contributed by atoms with van der Waals surface area (Å²) in [4.78, 5) is 0. The molecule has 0 bridgehead atoms. The highest BCUT2D eigenvalue weighted by molar-refractivity contribution is 5.74. The number of hydrogen-bond donors (Lipinski definition) is 2. The highest BCUT2D eigenvalue weighted by atomic mass is 19.2. The molecule has 0 amide bonds. The van der Waals surface area contributed by atoms with Crippen LogP contribution in [0.1, 0.15) is 5.82 Å². The number of nitrogens with one attached hydrogen (secondary N) is 2. The van der Waals surface area contributed by atoms with Crippen LogP contribution in [0.5, 0.6) is 11.5 Å². The average Bonchev–Trinajstić information content (AvgIpc) is 3.24. The molecule has 0 aliphatic carbocycles. The lowest BCUT2D eigenvalue weighted by molar-refractivity contribution is 0.332. The maximum atomic E-state index is 13.7. The molecule has 2 aromatic carbocycles. The number of aromatic nitrogens is 4. The number of benzene rings is 2. The van der Waals surface area contributed by atoms with Crippen molar-refractivity contribution in [1.82, 2.24) is 20.6 Å². The van der Waals surface area contributed by atoms with E-state index in [0.29, 0.717) is 0 Å². The van der Waals surface area contributed by atoms with Gasteiger partial charge in [-0.15, -0.1) is 10.2 Å². The van der Waals surface area contributed by atoms with E-state index in [1.165, 1.54) is 30.5 Å². The van der Waals surface area contributed by atoms with Crippen LogP contribution in [-0.2, 0) is 0 Å². The van der Waals surface area contributed by atoms with E-state index in [1.54, 1.807) is 0 Å². The maximum Gasteiger partial charge on any atom is 0.216 e. The van der Waals surface area contributed by atoms with Crippen LogP contribution >= 0.6 is 0 Å². The molecule has 0 atom stereocenters. The van der Waals surface area contributed by atoms with Gasteiger partial charge in [-0.05, 0) is 17.3 Å². The monoisotopic (exact) mass is 394 g/mol. The molecular formula is C16H7F5N6O. The lowest BCUT2D eigenvalue weighted by Crippen LogP contribution is -2.04. The van der Waals surface area contributed by atoms with Crippen molar-refractivity contribution < 1.29 is 26.7 Å². The molecule has 0 saturated heterocycles. The van der Waals surface area contributed by atoms with Crippen LogP contribution < -0.4 is 10.1 Å². The highest BCUT2D eigenvalue weighted by Crippen LogP contribution is 2.33. The molecule has 0 fully saturated rings. The number of rotatable bonds is 5. The number of tetrazole rings is 1. The Morgan fingerprint density at radius 1 is 1.07 bits per heavy atom. The molecule has 7 nitrogen and oxygen atoms in total. The van der Waals surface area contributed by atoms with Crippen molar-refractivity contribution in [3.05, 3.63) is 65.4 Å². The Kier molecular flexibility index (Phi) is 5.16. The van der Waals surface area contributed by atoms with Gasteiger partial charge in [0.2, 0.25) is 40.7 Å². The molecule has 3 rings (SSSR count). The maximum absolute atomic E-state index is 13.7. The van der Waals surface area contributed by atoms with E-state index >= 15 is 0 Å². The van der Waals surface area contributed by atoms with Crippen LogP contribution in [0.15, 0.2) is 30.5 Å². The van der Waals surface area contributed by atoms with Crippen molar-refractivity contribution in [2.75, 3.05) is 5.32 Å². The smallest absolute Gasteiger partial charge is 0.216 e. The summed E-state index contributed by atoms with van der Waals surface area (Å²) in [6.07, 6.45) is 1.22. The van der Waals surface area contributed by atoms with Gasteiger partial charge in [0.1, 0.15) is 17.4 Å². The summed E-state index contributed by atoms with van der Waals surface area (Å²) >= 11 is 0. The third-order valence-electron chi connectivity index (χ3n) is 3.31. The van der Waals surface area contributed by atoms with Crippen molar-refractivity contribution in [3.8, 4) is 17.6 Å². The molecule has 2 N–H and O–H groups in total. The molecule has 0 radical (unpaired) electrons. The summed E-state index contributed by atoms with van der Waals surface area (Å²) in [5.74, 6) is -12.4. The third-order valence-corrected chi connectivity index (χ3v) is 3.31. The molecule has 3 aromatic rings. The fourth-order valence-electron chi connectivity index (χ4n) is 2.02. The van der Waals surface area contributed by atoms with E-state index < -0.39 is 34.8 Å². The molecule has 1 heterocycles. The van der Waals surface area contributed by atoms with Gasteiger partial charge >= 0.3 is 0 Å². The minimum Gasteiger partial charge on any atom is -0.451 e. The first-order valence-electron chi connectivity index (χ1n) is 7.32. The van der Waals surface area contributed by atoms with Gasteiger partial charge in [0.15, 0.2) is 0 Å². The fourth-order valence-corrected chi connectivity index (χ4v) is 2.02. The molecule has 1 aromatic heterocycles. The number of aromatic amines is 1. The number of ether oxygens (including phenoxy) is 1. The van der Waals surface area contributed by atoms with E-state index in [0.717, 1.165) is 0 Å².